The SMILES string of the molecule is CN(CC(=O)N1CCCC(C(=O)O)C1)C(=O)CC(C)(C)C. The van der Waals surface area contributed by atoms with Gasteiger partial charge in [0.05, 0.1) is 12.5 Å². The molecule has 0 radical (unpaired) electrons. The zero-order valence-electron chi connectivity index (χ0n) is 13.4. The Morgan fingerprint density at radius 3 is 2.43 bits per heavy atom. The molecular formula is C15H26N2O4. The highest BCUT2D eigenvalue weighted by molar-refractivity contribution is 5.85. The molecule has 0 aliphatic carbocycles. The molecule has 0 bridgehead atoms. The van der Waals surface area contributed by atoms with Gasteiger partial charge in [0.25, 0.3) is 0 Å². The van der Waals surface area contributed by atoms with Crippen LogP contribution < -0.4 is 0 Å². The van der Waals surface area contributed by atoms with Crippen molar-refractivity contribution in [1.29, 1.82) is 0 Å². The number of carboxylic acids is 1. The van der Waals surface area contributed by atoms with Crippen molar-refractivity contribution in [3.63, 3.8) is 0 Å². The van der Waals surface area contributed by atoms with Gasteiger partial charge in [-0.25, -0.2) is 0 Å². The van der Waals surface area contributed by atoms with Crippen molar-refractivity contribution in [3.8, 4) is 0 Å². The van der Waals surface area contributed by atoms with Crippen LogP contribution in [-0.4, -0.2) is 59.4 Å². The molecule has 1 rings (SSSR count). The molecule has 0 saturated carbocycles. The van der Waals surface area contributed by atoms with E-state index in [1.807, 2.05) is 20.8 Å². The summed E-state index contributed by atoms with van der Waals surface area (Å²) in [6.45, 7) is 6.76. The normalized spacial score (nSPS) is 19.2. The number of carbonyl (C=O) groups is 3. The number of nitrogens with zero attached hydrogens (tertiary/aromatic N) is 2. The fraction of sp³-hybridized carbons (Fsp3) is 0.800. The lowest BCUT2D eigenvalue weighted by atomic mass is 9.91. The fourth-order valence-electron chi connectivity index (χ4n) is 2.38. The van der Waals surface area contributed by atoms with Crippen molar-refractivity contribution >= 4 is 17.8 Å². The molecule has 1 aliphatic rings. The minimum absolute atomic E-state index is 0.0151. The smallest absolute Gasteiger partial charge is 0.308 e. The standard InChI is InChI=1S/C15H26N2O4/c1-15(2,3)8-12(18)16(4)10-13(19)17-7-5-6-11(9-17)14(20)21/h11H,5-10H2,1-4H3,(H,20,21). The largest absolute Gasteiger partial charge is 0.481 e. The van der Waals surface area contributed by atoms with E-state index in [9.17, 15) is 14.4 Å². The van der Waals surface area contributed by atoms with Crippen LogP contribution in [0.5, 0.6) is 0 Å². The Bertz CT molecular complexity index is 414. The maximum Gasteiger partial charge on any atom is 0.308 e. The van der Waals surface area contributed by atoms with Gasteiger partial charge in [0.1, 0.15) is 0 Å². The van der Waals surface area contributed by atoms with Crippen LogP contribution in [0.2, 0.25) is 0 Å². The molecule has 1 atom stereocenters. The van der Waals surface area contributed by atoms with Crippen molar-refractivity contribution in [3.05, 3.63) is 0 Å². The second-order valence-electron chi connectivity index (χ2n) is 7.00. The van der Waals surface area contributed by atoms with Gasteiger partial charge >= 0.3 is 5.97 Å². The summed E-state index contributed by atoms with van der Waals surface area (Å²) in [5.41, 5.74) is -0.117. The summed E-state index contributed by atoms with van der Waals surface area (Å²) in [4.78, 5) is 38.2. The summed E-state index contributed by atoms with van der Waals surface area (Å²) in [6, 6.07) is 0. The first kappa shape index (κ1) is 17.5. The van der Waals surface area contributed by atoms with Crippen LogP contribution in [0.15, 0.2) is 0 Å². The summed E-state index contributed by atoms with van der Waals surface area (Å²) in [5, 5.41) is 9.03. The van der Waals surface area contributed by atoms with Crippen LogP contribution >= 0.6 is 0 Å². The molecule has 0 aromatic rings. The Balaban J connectivity index is 2.52. The summed E-state index contributed by atoms with van der Waals surface area (Å²) >= 11 is 0. The summed E-state index contributed by atoms with van der Waals surface area (Å²) in [7, 11) is 1.62. The van der Waals surface area contributed by atoms with Gasteiger partial charge in [0.15, 0.2) is 0 Å². The van der Waals surface area contributed by atoms with E-state index < -0.39 is 11.9 Å². The summed E-state index contributed by atoms with van der Waals surface area (Å²) < 4.78 is 0. The first-order chi connectivity index (χ1) is 9.60. The first-order valence-corrected chi connectivity index (χ1v) is 7.34. The average molecular weight is 298 g/mol. The predicted molar refractivity (Wildman–Crippen MR) is 78.6 cm³/mol. The molecule has 0 aromatic carbocycles. The zero-order valence-corrected chi connectivity index (χ0v) is 13.4. The van der Waals surface area contributed by atoms with Crippen LogP contribution in [0.4, 0.5) is 0 Å². The molecule has 1 heterocycles. The molecule has 1 N–H and O–H groups in total. The molecule has 1 saturated heterocycles. The highest BCUT2D eigenvalue weighted by Gasteiger charge is 2.29. The highest BCUT2D eigenvalue weighted by Crippen LogP contribution is 2.20. The van der Waals surface area contributed by atoms with Crippen molar-refractivity contribution in [2.75, 3.05) is 26.7 Å². The third kappa shape index (κ3) is 5.73. The van der Waals surface area contributed by atoms with E-state index in [0.717, 1.165) is 0 Å². The van der Waals surface area contributed by atoms with Crippen molar-refractivity contribution in [2.45, 2.75) is 40.0 Å². The average Bonchev–Trinajstić information content (AvgIpc) is 2.36. The second-order valence-corrected chi connectivity index (χ2v) is 7.00. The monoisotopic (exact) mass is 298 g/mol. The van der Waals surface area contributed by atoms with Gasteiger partial charge in [-0.2, -0.15) is 0 Å². The number of likely N-dealkylation sites (tertiary alicyclic amines) is 1. The molecule has 6 nitrogen and oxygen atoms in total. The van der Waals surface area contributed by atoms with E-state index in [1.54, 1.807) is 11.9 Å². The Morgan fingerprint density at radius 1 is 1.29 bits per heavy atom. The highest BCUT2D eigenvalue weighted by atomic mass is 16.4. The predicted octanol–water partition coefficient (Wildman–Crippen LogP) is 1.20. The summed E-state index contributed by atoms with van der Waals surface area (Å²) in [6.07, 6.45) is 1.69. The van der Waals surface area contributed by atoms with Crippen molar-refractivity contribution in [2.24, 2.45) is 11.3 Å². The Kier molecular flexibility index (Phi) is 5.75. The number of amides is 2. The van der Waals surface area contributed by atoms with Gasteiger partial charge in [-0.15, -0.1) is 0 Å². The van der Waals surface area contributed by atoms with E-state index in [2.05, 4.69) is 0 Å². The molecular weight excluding hydrogens is 272 g/mol. The van der Waals surface area contributed by atoms with Gasteiger partial charge in [-0.05, 0) is 18.3 Å². The van der Waals surface area contributed by atoms with Gasteiger partial charge in [0.2, 0.25) is 11.8 Å². The molecule has 1 aliphatic heterocycles. The maximum atomic E-state index is 12.2. The molecule has 2 amide bonds. The van der Waals surface area contributed by atoms with Crippen LogP contribution in [0.1, 0.15) is 40.0 Å². The number of rotatable bonds is 4. The molecule has 0 aromatic heterocycles. The first-order valence-electron chi connectivity index (χ1n) is 7.34. The molecule has 21 heavy (non-hydrogen) atoms. The molecule has 1 fully saturated rings. The Labute approximate surface area is 126 Å². The van der Waals surface area contributed by atoms with Gasteiger partial charge in [-0.1, -0.05) is 20.8 Å². The topological polar surface area (TPSA) is 77.9 Å². The van der Waals surface area contributed by atoms with Crippen molar-refractivity contribution in [1.82, 2.24) is 9.80 Å². The number of hydrogen-bond acceptors (Lipinski definition) is 3. The third-order valence-corrected chi connectivity index (χ3v) is 3.60. The number of likely N-dealkylation sites (N-methyl/N-ethyl adjacent to an activating group) is 1. The number of hydrogen-bond donors (Lipinski definition) is 1. The lowest BCUT2D eigenvalue weighted by Gasteiger charge is -2.32. The van der Waals surface area contributed by atoms with Gasteiger partial charge in [0, 0.05) is 26.6 Å². The maximum absolute atomic E-state index is 12.2. The molecule has 0 spiro atoms. The van der Waals surface area contributed by atoms with E-state index in [1.165, 1.54) is 4.90 Å². The minimum atomic E-state index is -0.857. The van der Waals surface area contributed by atoms with Crippen LogP contribution in [0.3, 0.4) is 0 Å². The van der Waals surface area contributed by atoms with Gasteiger partial charge < -0.3 is 14.9 Å². The molecule has 1 unspecified atom stereocenters. The number of carboxylic acid groups (broad SMARTS) is 1. The van der Waals surface area contributed by atoms with Crippen molar-refractivity contribution < 1.29 is 19.5 Å². The number of piperidine rings is 1. The zero-order chi connectivity index (χ0) is 16.2. The number of aliphatic carboxylic acids is 1. The second kappa shape index (κ2) is 6.91. The van der Waals surface area contributed by atoms with E-state index in [-0.39, 0.29) is 30.3 Å². The third-order valence-electron chi connectivity index (χ3n) is 3.60. The minimum Gasteiger partial charge on any atom is -0.481 e. The van der Waals surface area contributed by atoms with E-state index in [4.69, 9.17) is 5.11 Å². The number of carbonyl (C=O) groups excluding carboxylic acids is 2. The fourth-order valence-corrected chi connectivity index (χ4v) is 2.38. The molecule has 120 valence electrons. The lowest BCUT2D eigenvalue weighted by molar-refractivity contribution is -0.147. The van der Waals surface area contributed by atoms with E-state index >= 15 is 0 Å². The van der Waals surface area contributed by atoms with Crippen LogP contribution in [-0.2, 0) is 14.4 Å². The lowest BCUT2D eigenvalue weighted by Crippen LogP contribution is -2.47. The molecule has 6 heteroatoms. The van der Waals surface area contributed by atoms with Crippen LogP contribution in [0, 0.1) is 11.3 Å². The van der Waals surface area contributed by atoms with Gasteiger partial charge in [-0.3, -0.25) is 14.4 Å². The Morgan fingerprint density at radius 2 is 1.90 bits per heavy atom. The van der Waals surface area contributed by atoms with Crippen LogP contribution in [0.25, 0.3) is 0 Å². The summed E-state index contributed by atoms with van der Waals surface area (Å²) in [5.74, 6) is -1.59. The quantitative estimate of drug-likeness (QED) is 0.846. The Hall–Kier alpha value is -1.59. The van der Waals surface area contributed by atoms with E-state index in [0.29, 0.717) is 25.8 Å².